The van der Waals surface area contributed by atoms with E-state index in [0.717, 1.165) is 50.1 Å². The van der Waals surface area contributed by atoms with Crippen LogP contribution in [0.2, 0.25) is 0 Å². The van der Waals surface area contributed by atoms with Crippen molar-refractivity contribution in [2.45, 2.75) is 26.2 Å². The molecular weight excluding hydrogens is 346 g/mol. The molecule has 1 aromatic carbocycles. The van der Waals surface area contributed by atoms with Gasteiger partial charge in [-0.1, -0.05) is 0 Å². The minimum Gasteiger partial charge on any atom is -0.493 e. The number of hydrogen-bond acceptors (Lipinski definition) is 7. The summed E-state index contributed by atoms with van der Waals surface area (Å²) in [6.07, 6.45) is 2.51. The summed E-state index contributed by atoms with van der Waals surface area (Å²) in [6.45, 7) is 5.12. The summed E-state index contributed by atoms with van der Waals surface area (Å²) in [7, 11) is 3.20. The Balaban J connectivity index is 1.75. The standard InChI is InChI=1S/C19H27N5O3/c1-4-20-18-19(21-8-6-10-24-9-5-7-17(24)25)23-14-12-16(27-3)15(26-2)11-13(14)22-18/h11-12H,4-10H2,1-3H3,(H,20,22)(H,21,23). The molecule has 1 aromatic heterocycles. The van der Waals surface area contributed by atoms with Crippen LogP contribution in [0.25, 0.3) is 11.0 Å². The van der Waals surface area contributed by atoms with Crippen LogP contribution in [0.5, 0.6) is 11.5 Å². The van der Waals surface area contributed by atoms with Crippen LogP contribution >= 0.6 is 0 Å². The molecule has 1 fully saturated rings. The van der Waals surface area contributed by atoms with Crippen LogP contribution in [0.1, 0.15) is 26.2 Å². The highest BCUT2D eigenvalue weighted by Gasteiger charge is 2.19. The van der Waals surface area contributed by atoms with Gasteiger partial charge in [0.05, 0.1) is 25.3 Å². The maximum atomic E-state index is 11.7. The number of rotatable bonds is 9. The Hall–Kier alpha value is -2.77. The zero-order valence-electron chi connectivity index (χ0n) is 16.2. The third kappa shape index (κ3) is 4.32. The van der Waals surface area contributed by atoms with Gasteiger partial charge in [0.2, 0.25) is 5.91 Å². The summed E-state index contributed by atoms with van der Waals surface area (Å²) in [6, 6.07) is 3.65. The van der Waals surface area contributed by atoms with Crippen LogP contribution in [0.15, 0.2) is 12.1 Å². The van der Waals surface area contributed by atoms with Crippen molar-refractivity contribution in [1.29, 1.82) is 0 Å². The monoisotopic (exact) mass is 373 g/mol. The zero-order chi connectivity index (χ0) is 19.2. The molecule has 0 unspecified atom stereocenters. The number of nitrogens with zero attached hydrogens (tertiary/aromatic N) is 3. The number of benzene rings is 1. The Morgan fingerprint density at radius 1 is 1.07 bits per heavy atom. The van der Waals surface area contributed by atoms with E-state index in [2.05, 4.69) is 15.6 Å². The van der Waals surface area contributed by atoms with Crippen molar-refractivity contribution in [3.8, 4) is 11.5 Å². The number of anilines is 2. The number of likely N-dealkylation sites (tertiary alicyclic amines) is 1. The van der Waals surface area contributed by atoms with Crippen molar-refractivity contribution in [3.63, 3.8) is 0 Å². The highest BCUT2D eigenvalue weighted by molar-refractivity contribution is 5.83. The van der Waals surface area contributed by atoms with Crippen molar-refractivity contribution >= 4 is 28.6 Å². The van der Waals surface area contributed by atoms with Crippen molar-refractivity contribution in [2.24, 2.45) is 0 Å². The van der Waals surface area contributed by atoms with Gasteiger partial charge in [-0.15, -0.1) is 0 Å². The molecule has 2 aromatic rings. The van der Waals surface area contributed by atoms with Crippen LogP contribution < -0.4 is 20.1 Å². The number of methoxy groups -OCH3 is 2. The molecular formula is C19H27N5O3. The molecule has 8 nitrogen and oxygen atoms in total. The second kappa shape index (κ2) is 8.75. The first-order chi connectivity index (χ1) is 13.2. The molecule has 146 valence electrons. The lowest BCUT2D eigenvalue weighted by molar-refractivity contribution is -0.127. The van der Waals surface area contributed by atoms with Gasteiger partial charge in [-0.3, -0.25) is 4.79 Å². The first-order valence-electron chi connectivity index (χ1n) is 9.35. The van der Waals surface area contributed by atoms with Gasteiger partial charge in [-0.2, -0.15) is 0 Å². The summed E-state index contributed by atoms with van der Waals surface area (Å²) in [5.74, 6) is 2.90. The van der Waals surface area contributed by atoms with Crippen molar-refractivity contribution in [3.05, 3.63) is 12.1 Å². The van der Waals surface area contributed by atoms with Crippen molar-refractivity contribution in [1.82, 2.24) is 14.9 Å². The largest absolute Gasteiger partial charge is 0.493 e. The Morgan fingerprint density at radius 3 is 2.22 bits per heavy atom. The van der Waals surface area contributed by atoms with Crippen LogP contribution in [0, 0.1) is 0 Å². The van der Waals surface area contributed by atoms with E-state index < -0.39 is 0 Å². The first-order valence-corrected chi connectivity index (χ1v) is 9.35. The molecule has 2 N–H and O–H groups in total. The second-order valence-electron chi connectivity index (χ2n) is 6.41. The number of carbonyl (C=O) groups is 1. The summed E-state index contributed by atoms with van der Waals surface area (Å²) < 4.78 is 10.7. The molecule has 1 aliphatic heterocycles. The average Bonchev–Trinajstić information content (AvgIpc) is 3.09. The first kappa shape index (κ1) is 19.0. The van der Waals surface area contributed by atoms with Crippen molar-refractivity contribution < 1.29 is 14.3 Å². The van der Waals surface area contributed by atoms with Gasteiger partial charge in [-0.25, -0.2) is 9.97 Å². The Kier molecular flexibility index (Phi) is 6.16. The molecule has 0 radical (unpaired) electrons. The third-order valence-corrected chi connectivity index (χ3v) is 4.58. The summed E-state index contributed by atoms with van der Waals surface area (Å²) >= 11 is 0. The van der Waals surface area contributed by atoms with Gasteiger partial charge in [0, 0.05) is 44.7 Å². The van der Waals surface area contributed by atoms with E-state index >= 15 is 0 Å². The Morgan fingerprint density at radius 2 is 1.70 bits per heavy atom. The molecule has 0 bridgehead atoms. The highest BCUT2D eigenvalue weighted by atomic mass is 16.5. The third-order valence-electron chi connectivity index (χ3n) is 4.58. The van der Waals surface area contributed by atoms with E-state index in [9.17, 15) is 4.79 Å². The normalized spacial score (nSPS) is 13.9. The lowest BCUT2D eigenvalue weighted by Gasteiger charge is -2.17. The molecule has 2 heterocycles. The lowest BCUT2D eigenvalue weighted by atomic mass is 10.2. The molecule has 0 atom stereocenters. The number of ether oxygens (including phenoxy) is 2. The van der Waals surface area contributed by atoms with Gasteiger partial charge in [0.25, 0.3) is 0 Å². The van der Waals surface area contributed by atoms with E-state index in [1.54, 1.807) is 14.2 Å². The minimum atomic E-state index is 0.259. The molecule has 1 aliphatic rings. The van der Waals surface area contributed by atoms with Crippen LogP contribution in [-0.4, -0.2) is 61.2 Å². The average molecular weight is 373 g/mol. The maximum Gasteiger partial charge on any atom is 0.222 e. The predicted octanol–water partition coefficient (Wildman–Crippen LogP) is 2.50. The van der Waals surface area contributed by atoms with E-state index in [1.165, 1.54) is 0 Å². The number of hydrogen-bond donors (Lipinski definition) is 2. The fraction of sp³-hybridized carbons (Fsp3) is 0.526. The number of amides is 1. The molecule has 8 heteroatoms. The van der Waals surface area contributed by atoms with Crippen LogP contribution in [0.3, 0.4) is 0 Å². The molecule has 1 amide bonds. The maximum absolute atomic E-state index is 11.7. The predicted molar refractivity (Wildman–Crippen MR) is 106 cm³/mol. The Labute approximate surface area is 159 Å². The topological polar surface area (TPSA) is 88.6 Å². The molecule has 1 saturated heterocycles. The van der Waals surface area contributed by atoms with Crippen LogP contribution in [0.4, 0.5) is 11.6 Å². The lowest BCUT2D eigenvalue weighted by Crippen LogP contribution is -2.27. The molecule has 3 rings (SSSR count). The minimum absolute atomic E-state index is 0.259. The van der Waals surface area contributed by atoms with Crippen molar-refractivity contribution in [2.75, 3.05) is 51.0 Å². The number of carbonyl (C=O) groups excluding carboxylic acids is 1. The van der Waals surface area contributed by atoms with Gasteiger partial charge in [0.1, 0.15) is 0 Å². The molecule has 0 aliphatic carbocycles. The highest BCUT2D eigenvalue weighted by Crippen LogP contribution is 2.32. The molecule has 27 heavy (non-hydrogen) atoms. The van der Waals surface area contributed by atoms with Gasteiger partial charge < -0.3 is 25.0 Å². The summed E-state index contributed by atoms with van der Waals surface area (Å²) in [5.41, 5.74) is 1.46. The number of nitrogens with one attached hydrogen (secondary N) is 2. The van der Waals surface area contributed by atoms with Gasteiger partial charge >= 0.3 is 0 Å². The molecule has 0 saturated carbocycles. The van der Waals surface area contributed by atoms with Gasteiger partial charge in [-0.05, 0) is 19.8 Å². The number of fused-ring (bicyclic) bond motifs is 1. The SMILES string of the molecule is CCNc1nc2cc(OC)c(OC)cc2nc1NCCCN1CCCC1=O. The Bertz CT molecular complexity index is 812. The summed E-state index contributed by atoms with van der Waals surface area (Å²) in [5, 5.41) is 6.60. The fourth-order valence-electron chi connectivity index (χ4n) is 3.21. The second-order valence-corrected chi connectivity index (χ2v) is 6.41. The number of aromatic nitrogens is 2. The van der Waals surface area contributed by atoms with Gasteiger partial charge in [0.15, 0.2) is 23.1 Å². The fourth-order valence-corrected chi connectivity index (χ4v) is 3.21. The van der Waals surface area contributed by atoms with E-state index in [1.807, 2.05) is 24.0 Å². The zero-order valence-corrected chi connectivity index (χ0v) is 16.2. The van der Waals surface area contributed by atoms with Crippen LogP contribution in [-0.2, 0) is 4.79 Å². The molecule has 0 spiro atoms. The quantitative estimate of drug-likeness (QED) is 0.653. The smallest absolute Gasteiger partial charge is 0.222 e. The van der Waals surface area contributed by atoms with E-state index in [0.29, 0.717) is 29.6 Å². The van der Waals surface area contributed by atoms with E-state index in [-0.39, 0.29) is 5.91 Å². The summed E-state index contributed by atoms with van der Waals surface area (Å²) in [4.78, 5) is 23.0. The van der Waals surface area contributed by atoms with E-state index in [4.69, 9.17) is 14.5 Å².